The van der Waals surface area contributed by atoms with Crippen molar-refractivity contribution in [3.63, 3.8) is 0 Å². The number of nitrogens with zero attached hydrogens (tertiary/aromatic N) is 1. The van der Waals surface area contributed by atoms with Crippen molar-refractivity contribution >= 4 is 5.97 Å². The minimum absolute atomic E-state index is 0.281. The van der Waals surface area contributed by atoms with Crippen LogP contribution in [-0.4, -0.2) is 35.7 Å². The second-order valence-electron chi connectivity index (χ2n) is 7.23. The van der Waals surface area contributed by atoms with Crippen molar-refractivity contribution in [1.82, 2.24) is 4.90 Å². The van der Waals surface area contributed by atoms with Gasteiger partial charge >= 0.3 is 5.97 Å². The fourth-order valence-electron chi connectivity index (χ4n) is 3.79. The first kappa shape index (κ1) is 18.5. The van der Waals surface area contributed by atoms with Gasteiger partial charge in [-0.05, 0) is 55.5 Å². The number of carboxylic acid groups (broad SMARTS) is 1. The van der Waals surface area contributed by atoms with Crippen LogP contribution in [-0.2, 0) is 11.3 Å². The highest BCUT2D eigenvalue weighted by Gasteiger charge is 2.30. The number of aryl methyl sites for hydroxylation is 1. The SMILES string of the molecule is COc1ccc(-c2ccccc2C)cc1CN1CC(C(=O)O)CCC1C. The molecule has 0 radical (unpaired) electrons. The fraction of sp³-hybridized carbons (Fsp3) is 0.409. The maximum Gasteiger partial charge on any atom is 0.307 e. The second kappa shape index (κ2) is 7.92. The summed E-state index contributed by atoms with van der Waals surface area (Å²) in [6.07, 6.45) is 1.67. The number of methoxy groups -OCH3 is 1. The average Bonchev–Trinajstić information content (AvgIpc) is 2.63. The quantitative estimate of drug-likeness (QED) is 0.868. The number of benzene rings is 2. The van der Waals surface area contributed by atoms with Crippen LogP contribution in [0.5, 0.6) is 5.75 Å². The van der Waals surface area contributed by atoms with E-state index in [9.17, 15) is 9.90 Å². The predicted octanol–water partition coefficient (Wildman–Crippen LogP) is 4.36. The number of hydrogen-bond acceptors (Lipinski definition) is 3. The molecule has 1 heterocycles. The lowest BCUT2D eigenvalue weighted by atomic mass is 9.92. The first-order valence-corrected chi connectivity index (χ1v) is 9.19. The molecule has 0 amide bonds. The summed E-state index contributed by atoms with van der Waals surface area (Å²) < 4.78 is 5.57. The highest BCUT2D eigenvalue weighted by atomic mass is 16.5. The van der Waals surface area contributed by atoms with Crippen molar-refractivity contribution in [2.75, 3.05) is 13.7 Å². The summed E-state index contributed by atoms with van der Waals surface area (Å²) in [5.74, 6) is -0.119. The van der Waals surface area contributed by atoms with Gasteiger partial charge < -0.3 is 9.84 Å². The molecule has 2 aromatic carbocycles. The molecule has 2 atom stereocenters. The van der Waals surface area contributed by atoms with Crippen LogP contribution in [0, 0.1) is 12.8 Å². The number of aliphatic carboxylic acids is 1. The zero-order chi connectivity index (χ0) is 18.7. The van der Waals surface area contributed by atoms with E-state index in [0.717, 1.165) is 24.2 Å². The number of carboxylic acids is 1. The van der Waals surface area contributed by atoms with Gasteiger partial charge in [-0.3, -0.25) is 9.69 Å². The highest BCUT2D eigenvalue weighted by Crippen LogP contribution is 2.31. The van der Waals surface area contributed by atoms with Crippen molar-refractivity contribution in [1.29, 1.82) is 0 Å². The monoisotopic (exact) mass is 353 g/mol. The van der Waals surface area contributed by atoms with Crippen LogP contribution >= 0.6 is 0 Å². The predicted molar refractivity (Wildman–Crippen MR) is 103 cm³/mol. The molecule has 2 aromatic rings. The number of piperidine rings is 1. The third kappa shape index (κ3) is 3.91. The molecule has 3 rings (SSSR count). The van der Waals surface area contributed by atoms with E-state index in [-0.39, 0.29) is 5.92 Å². The lowest BCUT2D eigenvalue weighted by Crippen LogP contribution is -2.43. The molecule has 4 heteroatoms. The normalized spacial score (nSPS) is 20.7. The summed E-state index contributed by atoms with van der Waals surface area (Å²) in [5.41, 5.74) is 4.72. The number of carbonyl (C=O) groups is 1. The third-order valence-electron chi connectivity index (χ3n) is 5.47. The third-order valence-corrected chi connectivity index (χ3v) is 5.47. The lowest BCUT2D eigenvalue weighted by Gasteiger charge is -2.36. The average molecular weight is 353 g/mol. The Kier molecular flexibility index (Phi) is 5.62. The Labute approximate surface area is 155 Å². The van der Waals surface area contributed by atoms with E-state index in [1.807, 2.05) is 12.1 Å². The Morgan fingerprint density at radius 2 is 2.00 bits per heavy atom. The van der Waals surface area contributed by atoms with Crippen molar-refractivity contribution in [3.8, 4) is 16.9 Å². The Morgan fingerprint density at radius 1 is 1.23 bits per heavy atom. The van der Waals surface area contributed by atoms with Crippen LogP contribution in [0.25, 0.3) is 11.1 Å². The summed E-state index contributed by atoms with van der Waals surface area (Å²) in [6.45, 7) is 5.58. The molecule has 1 aliphatic heterocycles. The van der Waals surface area contributed by atoms with Gasteiger partial charge in [0.15, 0.2) is 0 Å². The van der Waals surface area contributed by atoms with Gasteiger partial charge in [0.2, 0.25) is 0 Å². The van der Waals surface area contributed by atoms with E-state index in [2.05, 4.69) is 49.1 Å². The van der Waals surface area contributed by atoms with E-state index < -0.39 is 5.97 Å². The van der Waals surface area contributed by atoms with Gasteiger partial charge in [-0.1, -0.05) is 30.3 Å². The summed E-state index contributed by atoms with van der Waals surface area (Å²) in [6, 6.07) is 15.0. The van der Waals surface area contributed by atoms with Crippen molar-refractivity contribution in [3.05, 3.63) is 53.6 Å². The van der Waals surface area contributed by atoms with Crippen LogP contribution in [0.1, 0.15) is 30.9 Å². The molecular formula is C22H27NO3. The second-order valence-corrected chi connectivity index (χ2v) is 7.23. The molecule has 0 spiro atoms. The molecule has 2 unspecified atom stereocenters. The van der Waals surface area contributed by atoms with E-state index in [1.54, 1.807) is 7.11 Å². The maximum absolute atomic E-state index is 11.4. The topological polar surface area (TPSA) is 49.8 Å². The van der Waals surface area contributed by atoms with Crippen molar-refractivity contribution < 1.29 is 14.6 Å². The number of likely N-dealkylation sites (tertiary alicyclic amines) is 1. The molecule has 0 bridgehead atoms. The van der Waals surface area contributed by atoms with E-state index >= 15 is 0 Å². The summed E-state index contributed by atoms with van der Waals surface area (Å²) >= 11 is 0. The van der Waals surface area contributed by atoms with E-state index in [0.29, 0.717) is 19.1 Å². The van der Waals surface area contributed by atoms with Gasteiger partial charge in [0.1, 0.15) is 5.75 Å². The maximum atomic E-state index is 11.4. The highest BCUT2D eigenvalue weighted by molar-refractivity contribution is 5.70. The molecule has 26 heavy (non-hydrogen) atoms. The van der Waals surface area contributed by atoms with Crippen LogP contribution in [0.3, 0.4) is 0 Å². The Hall–Kier alpha value is -2.33. The largest absolute Gasteiger partial charge is 0.496 e. The number of ether oxygens (including phenoxy) is 1. The van der Waals surface area contributed by atoms with Crippen LogP contribution in [0.4, 0.5) is 0 Å². The zero-order valence-corrected chi connectivity index (χ0v) is 15.7. The standard InChI is InChI=1S/C22H27NO3/c1-15-6-4-5-7-20(15)17-10-11-21(26-3)19(12-17)14-23-13-18(22(24)25)9-8-16(23)2/h4-7,10-12,16,18H,8-9,13-14H2,1-3H3,(H,24,25). The fourth-order valence-corrected chi connectivity index (χ4v) is 3.79. The smallest absolute Gasteiger partial charge is 0.307 e. The molecular weight excluding hydrogens is 326 g/mol. The van der Waals surface area contributed by atoms with Crippen molar-refractivity contribution in [2.24, 2.45) is 5.92 Å². The van der Waals surface area contributed by atoms with Crippen LogP contribution < -0.4 is 4.74 Å². The number of rotatable bonds is 5. The first-order chi connectivity index (χ1) is 12.5. The van der Waals surface area contributed by atoms with Gasteiger partial charge in [-0.25, -0.2) is 0 Å². The van der Waals surface area contributed by atoms with Gasteiger partial charge in [-0.2, -0.15) is 0 Å². The molecule has 1 aliphatic rings. The first-order valence-electron chi connectivity index (χ1n) is 9.19. The van der Waals surface area contributed by atoms with Gasteiger partial charge in [-0.15, -0.1) is 0 Å². The Balaban J connectivity index is 1.89. The molecule has 1 saturated heterocycles. The molecule has 138 valence electrons. The summed E-state index contributed by atoms with van der Waals surface area (Å²) in [4.78, 5) is 13.7. The Morgan fingerprint density at radius 3 is 2.69 bits per heavy atom. The Bertz CT molecular complexity index is 787. The van der Waals surface area contributed by atoms with Crippen LogP contribution in [0.15, 0.2) is 42.5 Å². The van der Waals surface area contributed by atoms with Crippen LogP contribution in [0.2, 0.25) is 0 Å². The molecule has 0 aliphatic carbocycles. The minimum atomic E-state index is -0.692. The number of hydrogen-bond donors (Lipinski definition) is 1. The molecule has 0 aromatic heterocycles. The van der Waals surface area contributed by atoms with Crippen molar-refractivity contribution in [2.45, 2.75) is 39.3 Å². The molecule has 1 fully saturated rings. The zero-order valence-electron chi connectivity index (χ0n) is 15.7. The van der Waals surface area contributed by atoms with E-state index in [1.165, 1.54) is 16.7 Å². The van der Waals surface area contributed by atoms with Gasteiger partial charge in [0.25, 0.3) is 0 Å². The molecule has 4 nitrogen and oxygen atoms in total. The summed E-state index contributed by atoms with van der Waals surface area (Å²) in [7, 11) is 1.69. The molecule has 0 saturated carbocycles. The van der Waals surface area contributed by atoms with E-state index in [4.69, 9.17) is 4.74 Å². The lowest BCUT2D eigenvalue weighted by molar-refractivity contribution is -0.144. The molecule has 1 N–H and O–H groups in total. The minimum Gasteiger partial charge on any atom is -0.496 e. The summed E-state index contributed by atoms with van der Waals surface area (Å²) in [5, 5.41) is 9.38. The van der Waals surface area contributed by atoms with Gasteiger partial charge in [0.05, 0.1) is 13.0 Å². The van der Waals surface area contributed by atoms with Gasteiger partial charge in [0, 0.05) is 24.7 Å².